The lowest BCUT2D eigenvalue weighted by Gasteiger charge is -2.19. The van der Waals surface area contributed by atoms with Crippen LogP contribution in [0.25, 0.3) is 0 Å². The lowest BCUT2D eigenvalue weighted by Crippen LogP contribution is -2.26. The van der Waals surface area contributed by atoms with Crippen molar-refractivity contribution < 1.29 is 8.78 Å². The number of nitrogen functional groups attached to an aromatic ring is 1. The van der Waals surface area contributed by atoms with E-state index in [-0.39, 0.29) is 13.0 Å². The quantitative estimate of drug-likeness (QED) is 0.773. The van der Waals surface area contributed by atoms with Crippen LogP contribution in [-0.4, -0.2) is 24.0 Å². The molecule has 1 aromatic heterocycles. The smallest absolute Gasteiger partial charge is 0.266 e. The second kappa shape index (κ2) is 3.32. The van der Waals surface area contributed by atoms with E-state index >= 15 is 0 Å². The molecule has 1 fully saturated rings. The number of anilines is 2. The molecule has 0 spiro atoms. The Hall–Kier alpha value is -1.39. The van der Waals surface area contributed by atoms with E-state index < -0.39 is 5.92 Å². The average molecular weight is 213 g/mol. The maximum absolute atomic E-state index is 13.0. The van der Waals surface area contributed by atoms with Crippen molar-refractivity contribution in [1.29, 1.82) is 0 Å². The predicted octanol–water partition coefficient (Wildman–Crippen LogP) is 1.82. The molecule has 1 aliphatic heterocycles. The van der Waals surface area contributed by atoms with Gasteiger partial charge in [-0.15, -0.1) is 0 Å². The van der Waals surface area contributed by atoms with Crippen LogP contribution in [0, 0.1) is 6.92 Å². The fourth-order valence-electron chi connectivity index (χ4n) is 1.72. The molecule has 2 N–H and O–H groups in total. The Morgan fingerprint density at radius 3 is 2.87 bits per heavy atom. The molecule has 1 aromatic rings. The Morgan fingerprint density at radius 1 is 1.53 bits per heavy atom. The van der Waals surface area contributed by atoms with Gasteiger partial charge in [-0.3, -0.25) is 0 Å². The highest BCUT2D eigenvalue weighted by Crippen LogP contribution is 2.33. The number of hydrogen-bond donors (Lipinski definition) is 1. The van der Waals surface area contributed by atoms with E-state index in [1.165, 1.54) is 0 Å². The summed E-state index contributed by atoms with van der Waals surface area (Å²) in [4.78, 5) is 5.60. The molecule has 0 saturated carbocycles. The number of pyridine rings is 1. The molecule has 0 unspecified atom stereocenters. The van der Waals surface area contributed by atoms with Gasteiger partial charge in [-0.05, 0) is 18.6 Å². The average Bonchev–Trinajstić information content (AvgIpc) is 2.51. The summed E-state index contributed by atoms with van der Waals surface area (Å²) >= 11 is 0. The summed E-state index contributed by atoms with van der Waals surface area (Å²) in [5.41, 5.74) is 7.17. The fraction of sp³-hybridized carbons (Fsp3) is 0.500. The van der Waals surface area contributed by atoms with Crippen LogP contribution in [0.15, 0.2) is 12.3 Å². The van der Waals surface area contributed by atoms with E-state index in [0.717, 1.165) is 5.56 Å². The van der Waals surface area contributed by atoms with E-state index in [2.05, 4.69) is 4.98 Å². The second-order valence-electron chi connectivity index (χ2n) is 3.89. The van der Waals surface area contributed by atoms with Crippen molar-refractivity contribution in [3.8, 4) is 0 Å². The number of halogens is 2. The summed E-state index contributed by atoms with van der Waals surface area (Å²) in [6, 6.07) is 1.77. The molecule has 2 heterocycles. The molecule has 5 heteroatoms. The second-order valence-corrected chi connectivity index (χ2v) is 3.89. The maximum atomic E-state index is 13.0. The topological polar surface area (TPSA) is 42.2 Å². The van der Waals surface area contributed by atoms with E-state index in [0.29, 0.717) is 18.1 Å². The molecule has 0 aromatic carbocycles. The standard InChI is InChI=1S/C10H13F2N3/c1-7-2-4-14-9(8(7)13)15-5-3-10(11,12)6-15/h2,4H,3,5-6,13H2,1H3. The van der Waals surface area contributed by atoms with Crippen molar-refractivity contribution in [2.45, 2.75) is 19.3 Å². The summed E-state index contributed by atoms with van der Waals surface area (Å²) in [5.74, 6) is -2.13. The number of nitrogens with two attached hydrogens (primary N) is 1. The van der Waals surface area contributed by atoms with Crippen LogP contribution < -0.4 is 10.6 Å². The van der Waals surface area contributed by atoms with E-state index in [9.17, 15) is 8.78 Å². The van der Waals surface area contributed by atoms with E-state index in [4.69, 9.17) is 5.73 Å². The Bertz CT molecular complexity index is 379. The number of aryl methyl sites for hydroxylation is 1. The largest absolute Gasteiger partial charge is 0.396 e. The predicted molar refractivity (Wildman–Crippen MR) is 55.2 cm³/mol. The van der Waals surface area contributed by atoms with Crippen molar-refractivity contribution in [2.24, 2.45) is 0 Å². The Morgan fingerprint density at radius 2 is 2.27 bits per heavy atom. The van der Waals surface area contributed by atoms with Crippen LogP contribution >= 0.6 is 0 Å². The molecular weight excluding hydrogens is 200 g/mol. The fourth-order valence-corrected chi connectivity index (χ4v) is 1.72. The first-order valence-electron chi connectivity index (χ1n) is 4.83. The lowest BCUT2D eigenvalue weighted by molar-refractivity contribution is 0.0257. The lowest BCUT2D eigenvalue weighted by atomic mass is 10.2. The molecule has 0 bridgehead atoms. The minimum atomic E-state index is -2.61. The van der Waals surface area contributed by atoms with Gasteiger partial charge in [0.1, 0.15) is 0 Å². The zero-order valence-corrected chi connectivity index (χ0v) is 8.50. The minimum absolute atomic E-state index is 0.123. The van der Waals surface area contributed by atoms with Crippen LogP contribution in [0.4, 0.5) is 20.3 Å². The molecule has 15 heavy (non-hydrogen) atoms. The summed E-state index contributed by atoms with van der Waals surface area (Å²) < 4.78 is 26.0. The van der Waals surface area contributed by atoms with Crippen molar-refractivity contribution in [1.82, 2.24) is 4.98 Å². The van der Waals surface area contributed by atoms with Gasteiger partial charge in [0.05, 0.1) is 12.2 Å². The van der Waals surface area contributed by atoms with Crippen LogP contribution in [0.5, 0.6) is 0 Å². The van der Waals surface area contributed by atoms with Gasteiger partial charge < -0.3 is 10.6 Å². The van der Waals surface area contributed by atoms with Crippen molar-refractivity contribution in [3.63, 3.8) is 0 Å². The summed E-state index contributed by atoms with van der Waals surface area (Å²) in [7, 11) is 0. The van der Waals surface area contributed by atoms with Gasteiger partial charge in [0.15, 0.2) is 5.82 Å². The third-order valence-electron chi connectivity index (χ3n) is 2.66. The van der Waals surface area contributed by atoms with Gasteiger partial charge in [0.25, 0.3) is 5.92 Å². The van der Waals surface area contributed by atoms with E-state index in [1.807, 2.05) is 6.92 Å². The van der Waals surface area contributed by atoms with Gasteiger partial charge in [-0.2, -0.15) is 0 Å². The van der Waals surface area contributed by atoms with Crippen molar-refractivity contribution in [2.75, 3.05) is 23.7 Å². The number of rotatable bonds is 1. The van der Waals surface area contributed by atoms with Gasteiger partial charge in [0, 0.05) is 19.2 Å². The van der Waals surface area contributed by atoms with Gasteiger partial charge >= 0.3 is 0 Å². The summed E-state index contributed by atoms with van der Waals surface area (Å²) in [6.07, 6.45) is 1.47. The SMILES string of the molecule is Cc1ccnc(N2CCC(F)(F)C2)c1N. The first-order valence-corrected chi connectivity index (χ1v) is 4.83. The first-order chi connectivity index (χ1) is 6.99. The zero-order valence-electron chi connectivity index (χ0n) is 8.50. The summed E-state index contributed by atoms with van der Waals surface area (Å²) in [6.45, 7) is 1.87. The monoisotopic (exact) mass is 213 g/mol. The van der Waals surface area contributed by atoms with Crippen molar-refractivity contribution in [3.05, 3.63) is 17.8 Å². The molecular formula is C10H13F2N3. The number of aromatic nitrogens is 1. The molecule has 0 atom stereocenters. The molecule has 1 aliphatic rings. The van der Waals surface area contributed by atoms with Crippen LogP contribution in [0.1, 0.15) is 12.0 Å². The molecule has 0 radical (unpaired) electrons. The van der Waals surface area contributed by atoms with Crippen LogP contribution in [-0.2, 0) is 0 Å². The van der Waals surface area contributed by atoms with Gasteiger partial charge in [-0.1, -0.05) is 0 Å². The molecule has 0 aliphatic carbocycles. The maximum Gasteiger partial charge on any atom is 0.266 e. The molecule has 1 saturated heterocycles. The summed E-state index contributed by atoms with van der Waals surface area (Å²) in [5, 5.41) is 0. The molecule has 0 amide bonds. The van der Waals surface area contributed by atoms with Gasteiger partial charge in [0.2, 0.25) is 0 Å². The molecule has 2 rings (SSSR count). The minimum Gasteiger partial charge on any atom is -0.396 e. The first kappa shape index (κ1) is 10.1. The highest BCUT2D eigenvalue weighted by molar-refractivity contribution is 5.66. The third-order valence-corrected chi connectivity index (χ3v) is 2.66. The molecule has 82 valence electrons. The van der Waals surface area contributed by atoms with E-state index in [1.54, 1.807) is 17.2 Å². The van der Waals surface area contributed by atoms with Crippen LogP contribution in [0.3, 0.4) is 0 Å². The van der Waals surface area contributed by atoms with Gasteiger partial charge in [-0.25, -0.2) is 13.8 Å². The third kappa shape index (κ3) is 1.86. The van der Waals surface area contributed by atoms with Crippen LogP contribution in [0.2, 0.25) is 0 Å². The normalized spacial score (nSPS) is 19.5. The highest BCUT2D eigenvalue weighted by Gasteiger charge is 2.39. The Kier molecular flexibility index (Phi) is 2.25. The number of alkyl halides is 2. The zero-order chi connectivity index (χ0) is 11.1. The van der Waals surface area contributed by atoms with Crippen molar-refractivity contribution >= 4 is 11.5 Å². The highest BCUT2D eigenvalue weighted by atomic mass is 19.3. The Labute approximate surface area is 86.9 Å². The number of hydrogen-bond acceptors (Lipinski definition) is 3. The number of nitrogens with zero attached hydrogens (tertiary/aromatic N) is 2. The Balaban J connectivity index is 2.28. The molecule has 3 nitrogen and oxygen atoms in total.